The smallest absolute Gasteiger partial charge is 0.191 e. The first kappa shape index (κ1) is 17.9. The van der Waals surface area contributed by atoms with Crippen LogP contribution in [0.4, 0.5) is 0 Å². The molecule has 1 atom stereocenters. The third-order valence-electron chi connectivity index (χ3n) is 3.80. The molecular weight excluding hydrogens is 304 g/mol. The van der Waals surface area contributed by atoms with Crippen LogP contribution in [0.2, 0.25) is 0 Å². The molecule has 6 nitrogen and oxygen atoms in total. The molecule has 0 amide bonds. The summed E-state index contributed by atoms with van der Waals surface area (Å²) >= 11 is 0. The maximum atomic E-state index is 5.33. The van der Waals surface area contributed by atoms with Crippen LogP contribution < -0.4 is 15.4 Å². The second kappa shape index (κ2) is 8.98. The molecule has 0 saturated heterocycles. The van der Waals surface area contributed by atoms with E-state index in [1.54, 1.807) is 20.4 Å². The Bertz CT molecular complexity index is 638. The van der Waals surface area contributed by atoms with E-state index in [9.17, 15) is 0 Å². The fourth-order valence-corrected chi connectivity index (χ4v) is 2.45. The zero-order valence-electron chi connectivity index (χ0n) is 14.7. The van der Waals surface area contributed by atoms with Gasteiger partial charge in [0.05, 0.1) is 26.0 Å². The van der Waals surface area contributed by atoms with E-state index in [1.165, 1.54) is 5.56 Å². The molecule has 2 aromatic rings. The summed E-state index contributed by atoms with van der Waals surface area (Å²) in [5.74, 6) is 2.47. The van der Waals surface area contributed by atoms with Crippen LogP contribution in [0.5, 0.6) is 5.75 Å². The average Bonchev–Trinajstić information content (AvgIpc) is 3.11. The summed E-state index contributed by atoms with van der Waals surface area (Å²) in [5, 5.41) is 6.61. The SMILES string of the molecule is CN=C(NCc1ccco1)NCC(c1cccc(OC)c1)N(C)C. The summed E-state index contributed by atoms with van der Waals surface area (Å²) in [6.45, 7) is 1.32. The number of likely N-dealkylation sites (N-methyl/N-ethyl adjacent to an activating group) is 1. The van der Waals surface area contributed by atoms with Gasteiger partial charge in [-0.2, -0.15) is 0 Å². The number of aliphatic imine (C=N–C) groups is 1. The number of rotatable bonds is 7. The van der Waals surface area contributed by atoms with Crippen LogP contribution in [0.1, 0.15) is 17.4 Å². The summed E-state index contributed by atoms with van der Waals surface area (Å²) in [5.41, 5.74) is 1.19. The Labute approximate surface area is 143 Å². The van der Waals surface area contributed by atoms with Crippen molar-refractivity contribution in [2.24, 2.45) is 4.99 Å². The molecule has 2 rings (SSSR count). The Morgan fingerprint density at radius 2 is 2.08 bits per heavy atom. The summed E-state index contributed by atoms with van der Waals surface area (Å²) < 4.78 is 10.6. The van der Waals surface area contributed by atoms with Crippen molar-refractivity contribution in [3.63, 3.8) is 0 Å². The van der Waals surface area contributed by atoms with Crippen molar-refractivity contribution in [3.8, 4) is 5.75 Å². The molecule has 130 valence electrons. The van der Waals surface area contributed by atoms with Crippen molar-refractivity contribution in [2.45, 2.75) is 12.6 Å². The quantitative estimate of drug-likeness (QED) is 0.602. The summed E-state index contributed by atoms with van der Waals surface area (Å²) in [6.07, 6.45) is 1.66. The van der Waals surface area contributed by atoms with Crippen molar-refractivity contribution in [3.05, 3.63) is 54.0 Å². The maximum Gasteiger partial charge on any atom is 0.191 e. The first-order chi connectivity index (χ1) is 11.6. The maximum absolute atomic E-state index is 5.33. The standard InChI is InChI=1S/C18H26N4O2/c1-19-18(20-12-16-9-6-10-24-16)21-13-17(22(2)3)14-7-5-8-15(11-14)23-4/h5-11,17H,12-13H2,1-4H3,(H2,19,20,21). The lowest BCUT2D eigenvalue weighted by Gasteiger charge is -2.26. The predicted octanol–water partition coefficient (Wildman–Crippen LogP) is 2.26. The lowest BCUT2D eigenvalue weighted by molar-refractivity contribution is 0.297. The topological polar surface area (TPSA) is 62.0 Å². The van der Waals surface area contributed by atoms with Gasteiger partial charge in [-0.15, -0.1) is 0 Å². The molecule has 0 bridgehead atoms. The lowest BCUT2D eigenvalue weighted by Crippen LogP contribution is -2.41. The van der Waals surface area contributed by atoms with Gasteiger partial charge in [0.1, 0.15) is 11.5 Å². The predicted molar refractivity (Wildman–Crippen MR) is 96.3 cm³/mol. The molecule has 0 aliphatic heterocycles. The van der Waals surface area contributed by atoms with Crippen molar-refractivity contribution in [1.82, 2.24) is 15.5 Å². The van der Waals surface area contributed by atoms with Gasteiger partial charge < -0.3 is 24.7 Å². The monoisotopic (exact) mass is 330 g/mol. The third-order valence-corrected chi connectivity index (χ3v) is 3.80. The van der Waals surface area contributed by atoms with Gasteiger partial charge >= 0.3 is 0 Å². The minimum atomic E-state index is 0.197. The largest absolute Gasteiger partial charge is 0.497 e. The number of methoxy groups -OCH3 is 1. The number of benzene rings is 1. The molecule has 0 radical (unpaired) electrons. The first-order valence-corrected chi connectivity index (χ1v) is 7.91. The zero-order valence-corrected chi connectivity index (χ0v) is 14.7. The second-order valence-electron chi connectivity index (χ2n) is 5.64. The lowest BCUT2D eigenvalue weighted by atomic mass is 10.1. The fourth-order valence-electron chi connectivity index (χ4n) is 2.45. The van der Waals surface area contributed by atoms with Crippen LogP contribution in [0.25, 0.3) is 0 Å². The molecule has 1 heterocycles. The van der Waals surface area contributed by atoms with Gasteiger partial charge in [-0.1, -0.05) is 12.1 Å². The van der Waals surface area contributed by atoms with E-state index in [2.05, 4.69) is 46.8 Å². The van der Waals surface area contributed by atoms with E-state index in [1.807, 2.05) is 24.3 Å². The van der Waals surface area contributed by atoms with Gasteiger partial charge in [-0.05, 0) is 43.9 Å². The van der Waals surface area contributed by atoms with E-state index in [0.29, 0.717) is 6.54 Å². The first-order valence-electron chi connectivity index (χ1n) is 7.91. The zero-order chi connectivity index (χ0) is 17.4. The molecule has 0 aliphatic rings. The minimum Gasteiger partial charge on any atom is -0.497 e. The molecule has 0 aliphatic carbocycles. The molecule has 0 fully saturated rings. The van der Waals surface area contributed by atoms with Crippen LogP contribution in [0.15, 0.2) is 52.1 Å². The molecule has 6 heteroatoms. The summed E-state index contributed by atoms with van der Waals surface area (Å²) in [7, 11) is 7.56. The van der Waals surface area contributed by atoms with Crippen molar-refractivity contribution in [2.75, 3.05) is 34.8 Å². The van der Waals surface area contributed by atoms with Gasteiger partial charge in [-0.25, -0.2) is 0 Å². The Morgan fingerprint density at radius 3 is 2.71 bits per heavy atom. The van der Waals surface area contributed by atoms with Gasteiger partial charge in [-0.3, -0.25) is 4.99 Å². The normalized spacial score (nSPS) is 13.0. The molecule has 0 saturated carbocycles. The Balaban J connectivity index is 1.96. The fraction of sp³-hybridized carbons (Fsp3) is 0.389. The van der Waals surface area contributed by atoms with E-state index >= 15 is 0 Å². The van der Waals surface area contributed by atoms with Crippen LogP contribution in [0.3, 0.4) is 0 Å². The number of furan rings is 1. The number of hydrogen-bond donors (Lipinski definition) is 2. The number of guanidine groups is 1. The number of nitrogens with zero attached hydrogens (tertiary/aromatic N) is 2. The van der Waals surface area contributed by atoms with E-state index in [4.69, 9.17) is 9.15 Å². The average molecular weight is 330 g/mol. The summed E-state index contributed by atoms with van der Waals surface area (Å²) in [6, 6.07) is 12.1. The molecule has 1 aromatic carbocycles. The van der Waals surface area contributed by atoms with E-state index < -0.39 is 0 Å². The van der Waals surface area contributed by atoms with Crippen LogP contribution in [-0.2, 0) is 6.54 Å². The highest BCUT2D eigenvalue weighted by atomic mass is 16.5. The van der Waals surface area contributed by atoms with E-state index in [-0.39, 0.29) is 6.04 Å². The number of ether oxygens (including phenoxy) is 1. The molecule has 1 aromatic heterocycles. The van der Waals surface area contributed by atoms with Crippen molar-refractivity contribution >= 4 is 5.96 Å². The third kappa shape index (κ3) is 5.03. The van der Waals surface area contributed by atoms with Gasteiger partial charge in [0.2, 0.25) is 0 Å². The van der Waals surface area contributed by atoms with Gasteiger partial charge in [0, 0.05) is 13.6 Å². The Morgan fingerprint density at radius 1 is 1.25 bits per heavy atom. The van der Waals surface area contributed by atoms with Crippen molar-refractivity contribution < 1.29 is 9.15 Å². The summed E-state index contributed by atoms with van der Waals surface area (Å²) in [4.78, 5) is 6.42. The minimum absolute atomic E-state index is 0.197. The number of hydrogen-bond acceptors (Lipinski definition) is 4. The van der Waals surface area contributed by atoms with E-state index in [0.717, 1.165) is 24.0 Å². The molecule has 1 unspecified atom stereocenters. The highest BCUT2D eigenvalue weighted by molar-refractivity contribution is 5.79. The highest BCUT2D eigenvalue weighted by Gasteiger charge is 2.15. The molecule has 24 heavy (non-hydrogen) atoms. The highest BCUT2D eigenvalue weighted by Crippen LogP contribution is 2.22. The number of nitrogens with one attached hydrogen (secondary N) is 2. The molecule has 2 N–H and O–H groups in total. The second-order valence-corrected chi connectivity index (χ2v) is 5.64. The van der Waals surface area contributed by atoms with Crippen LogP contribution in [0, 0.1) is 0 Å². The Hall–Kier alpha value is -2.47. The Kier molecular flexibility index (Phi) is 6.69. The van der Waals surface area contributed by atoms with Crippen LogP contribution >= 0.6 is 0 Å². The molecular formula is C18H26N4O2. The van der Waals surface area contributed by atoms with Crippen LogP contribution in [-0.4, -0.2) is 45.7 Å². The van der Waals surface area contributed by atoms with Crippen molar-refractivity contribution in [1.29, 1.82) is 0 Å². The van der Waals surface area contributed by atoms with Gasteiger partial charge in [0.25, 0.3) is 0 Å². The van der Waals surface area contributed by atoms with Gasteiger partial charge in [0.15, 0.2) is 5.96 Å². The molecule has 0 spiro atoms.